The third-order valence-corrected chi connectivity index (χ3v) is 7.30. The first-order valence-corrected chi connectivity index (χ1v) is 7.62. The number of ether oxygens (including phenoxy) is 2. The van der Waals surface area contributed by atoms with Crippen molar-refractivity contribution in [3.05, 3.63) is 0 Å². The molecule has 2 bridgehead atoms. The molecule has 4 aliphatic rings. The molecule has 4 fully saturated rings. The molecule has 2 heteroatoms. The minimum Gasteiger partial charge on any atom is -0.349 e. The van der Waals surface area contributed by atoms with Crippen molar-refractivity contribution in [3.63, 3.8) is 0 Å². The van der Waals surface area contributed by atoms with Crippen LogP contribution in [0.1, 0.15) is 53.4 Å². The van der Waals surface area contributed by atoms with E-state index in [1.165, 1.54) is 25.7 Å². The van der Waals surface area contributed by atoms with Gasteiger partial charge >= 0.3 is 0 Å². The standard InChI is InChI=1S/C16H26O2/c1-14(2)8-11-12(18-9-17-11)13-15(3,4)10-5-6-16(13,14)7-10/h10-13H,5-9H2,1-4H3. The zero-order valence-corrected chi connectivity index (χ0v) is 12.2. The van der Waals surface area contributed by atoms with Crippen molar-refractivity contribution in [1.29, 1.82) is 0 Å². The lowest BCUT2D eigenvalue weighted by molar-refractivity contribution is -0.144. The Labute approximate surface area is 110 Å². The van der Waals surface area contributed by atoms with E-state index < -0.39 is 0 Å². The fourth-order valence-corrected chi connectivity index (χ4v) is 6.33. The second-order valence-electron chi connectivity index (χ2n) is 8.44. The van der Waals surface area contributed by atoms with Gasteiger partial charge in [0.05, 0.1) is 12.2 Å². The minimum absolute atomic E-state index is 0.356. The summed E-state index contributed by atoms with van der Waals surface area (Å²) in [6.07, 6.45) is 6.21. The van der Waals surface area contributed by atoms with Crippen LogP contribution in [0, 0.1) is 28.1 Å². The average Bonchev–Trinajstić information content (AvgIpc) is 2.90. The van der Waals surface area contributed by atoms with Gasteiger partial charge in [-0.1, -0.05) is 27.7 Å². The molecule has 0 amide bonds. The topological polar surface area (TPSA) is 18.5 Å². The maximum absolute atomic E-state index is 6.02. The molecule has 1 saturated heterocycles. The molecule has 1 heterocycles. The molecule has 18 heavy (non-hydrogen) atoms. The fraction of sp³-hybridized carbons (Fsp3) is 1.00. The van der Waals surface area contributed by atoms with Gasteiger partial charge in [0.2, 0.25) is 0 Å². The quantitative estimate of drug-likeness (QED) is 0.654. The van der Waals surface area contributed by atoms with Crippen molar-refractivity contribution >= 4 is 0 Å². The van der Waals surface area contributed by atoms with Crippen molar-refractivity contribution in [3.8, 4) is 0 Å². The smallest absolute Gasteiger partial charge is 0.147 e. The normalized spacial score (nSPS) is 55.3. The van der Waals surface area contributed by atoms with Crippen molar-refractivity contribution < 1.29 is 9.47 Å². The van der Waals surface area contributed by atoms with Crippen LogP contribution in [0.3, 0.4) is 0 Å². The monoisotopic (exact) mass is 250 g/mol. The first-order chi connectivity index (χ1) is 8.38. The number of rotatable bonds is 0. The predicted octanol–water partition coefficient (Wildman–Crippen LogP) is 3.60. The van der Waals surface area contributed by atoms with Gasteiger partial charge in [0.25, 0.3) is 0 Å². The van der Waals surface area contributed by atoms with E-state index in [1.54, 1.807) is 0 Å². The van der Waals surface area contributed by atoms with Gasteiger partial charge in [-0.05, 0) is 53.8 Å². The van der Waals surface area contributed by atoms with Crippen molar-refractivity contribution in [2.24, 2.45) is 28.1 Å². The Morgan fingerprint density at radius 2 is 1.78 bits per heavy atom. The van der Waals surface area contributed by atoms with Crippen LogP contribution >= 0.6 is 0 Å². The molecule has 5 unspecified atom stereocenters. The first kappa shape index (κ1) is 11.7. The molecule has 0 aromatic rings. The van der Waals surface area contributed by atoms with Gasteiger partial charge in [-0.3, -0.25) is 0 Å². The minimum atomic E-state index is 0.356. The zero-order chi connectivity index (χ0) is 12.8. The first-order valence-electron chi connectivity index (χ1n) is 7.62. The molecule has 1 spiro atoms. The highest BCUT2D eigenvalue weighted by Gasteiger charge is 2.72. The molecule has 1 aliphatic heterocycles. The third-order valence-electron chi connectivity index (χ3n) is 7.30. The van der Waals surface area contributed by atoms with E-state index in [-0.39, 0.29) is 0 Å². The molecule has 0 N–H and O–H groups in total. The number of hydrogen-bond donors (Lipinski definition) is 0. The summed E-state index contributed by atoms with van der Waals surface area (Å²) >= 11 is 0. The van der Waals surface area contributed by atoms with Crippen LogP contribution in [-0.2, 0) is 9.47 Å². The van der Waals surface area contributed by atoms with E-state index in [0.717, 1.165) is 5.92 Å². The molecule has 102 valence electrons. The lowest BCUT2D eigenvalue weighted by Gasteiger charge is -2.58. The maximum atomic E-state index is 6.02. The Bertz CT molecular complexity index is 387. The largest absolute Gasteiger partial charge is 0.349 e. The molecule has 3 saturated carbocycles. The number of fused-ring (bicyclic) bond motifs is 3. The van der Waals surface area contributed by atoms with E-state index in [2.05, 4.69) is 27.7 Å². The van der Waals surface area contributed by atoms with E-state index in [1.807, 2.05) is 0 Å². The molecule has 0 radical (unpaired) electrons. The van der Waals surface area contributed by atoms with Crippen LogP contribution in [0.2, 0.25) is 0 Å². The molecule has 0 aromatic heterocycles. The highest BCUT2D eigenvalue weighted by atomic mass is 16.7. The molecule has 3 aliphatic carbocycles. The van der Waals surface area contributed by atoms with Gasteiger partial charge in [-0.25, -0.2) is 0 Å². The lowest BCUT2D eigenvalue weighted by atomic mass is 9.47. The Kier molecular flexibility index (Phi) is 2.05. The summed E-state index contributed by atoms with van der Waals surface area (Å²) in [5.74, 6) is 1.62. The van der Waals surface area contributed by atoms with Gasteiger partial charge in [0.1, 0.15) is 6.79 Å². The van der Waals surface area contributed by atoms with E-state index in [4.69, 9.17) is 9.47 Å². The molecule has 2 nitrogen and oxygen atoms in total. The SMILES string of the molecule is CC1(C)C2CCC3(C2)C1C1OCOC1CC3(C)C. The van der Waals surface area contributed by atoms with Gasteiger partial charge in [-0.2, -0.15) is 0 Å². The second-order valence-corrected chi connectivity index (χ2v) is 8.44. The van der Waals surface area contributed by atoms with Crippen LogP contribution in [0.4, 0.5) is 0 Å². The van der Waals surface area contributed by atoms with Crippen molar-refractivity contribution in [2.75, 3.05) is 6.79 Å². The van der Waals surface area contributed by atoms with Crippen LogP contribution < -0.4 is 0 Å². The van der Waals surface area contributed by atoms with Gasteiger partial charge in [-0.15, -0.1) is 0 Å². The summed E-state index contributed by atoms with van der Waals surface area (Å²) < 4.78 is 11.9. The van der Waals surface area contributed by atoms with Crippen LogP contribution in [-0.4, -0.2) is 19.0 Å². The Morgan fingerprint density at radius 1 is 1.00 bits per heavy atom. The van der Waals surface area contributed by atoms with Gasteiger partial charge in [0.15, 0.2) is 0 Å². The van der Waals surface area contributed by atoms with Crippen LogP contribution in [0.25, 0.3) is 0 Å². The third kappa shape index (κ3) is 1.09. The van der Waals surface area contributed by atoms with Crippen LogP contribution in [0.15, 0.2) is 0 Å². The molecule has 5 atom stereocenters. The van der Waals surface area contributed by atoms with Gasteiger partial charge in [0, 0.05) is 0 Å². The summed E-state index contributed by atoms with van der Waals surface area (Å²) in [5.41, 5.74) is 1.37. The van der Waals surface area contributed by atoms with Crippen molar-refractivity contribution in [2.45, 2.75) is 65.6 Å². The van der Waals surface area contributed by atoms with Gasteiger partial charge < -0.3 is 9.47 Å². The lowest BCUT2D eigenvalue weighted by Crippen LogP contribution is -2.58. The predicted molar refractivity (Wildman–Crippen MR) is 70.1 cm³/mol. The van der Waals surface area contributed by atoms with E-state index >= 15 is 0 Å². The second kappa shape index (κ2) is 3.15. The summed E-state index contributed by atoms with van der Waals surface area (Å²) in [5, 5.41) is 0. The molecule has 4 rings (SSSR count). The Hall–Kier alpha value is -0.0800. The van der Waals surface area contributed by atoms with Crippen molar-refractivity contribution in [1.82, 2.24) is 0 Å². The average molecular weight is 250 g/mol. The summed E-state index contributed by atoms with van der Waals surface area (Å²) in [7, 11) is 0. The Morgan fingerprint density at radius 3 is 2.56 bits per heavy atom. The Balaban J connectivity index is 1.85. The summed E-state index contributed by atoms with van der Waals surface area (Å²) in [6, 6.07) is 0. The molecular weight excluding hydrogens is 224 g/mol. The van der Waals surface area contributed by atoms with E-state index in [0.29, 0.717) is 41.2 Å². The molecule has 0 aromatic carbocycles. The summed E-state index contributed by atoms with van der Waals surface area (Å²) in [4.78, 5) is 0. The number of hydrogen-bond acceptors (Lipinski definition) is 2. The highest BCUT2D eigenvalue weighted by Crippen LogP contribution is 2.76. The maximum Gasteiger partial charge on any atom is 0.147 e. The highest BCUT2D eigenvalue weighted by molar-refractivity contribution is 5.20. The summed E-state index contributed by atoms with van der Waals surface area (Å²) in [6.45, 7) is 10.5. The van der Waals surface area contributed by atoms with Crippen LogP contribution in [0.5, 0.6) is 0 Å². The zero-order valence-electron chi connectivity index (χ0n) is 12.2. The molecular formula is C16H26O2. The fourth-order valence-electron chi connectivity index (χ4n) is 6.33. The van der Waals surface area contributed by atoms with E-state index in [9.17, 15) is 0 Å².